The van der Waals surface area contributed by atoms with Crippen LogP contribution in [0.2, 0.25) is 0 Å². The molecule has 0 aromatic heterocycles. The first-order valence-corrected chi connectivity index (χ1v) is 9.00. The van der Waals surface area contributed by atoms with Gasteiger partial charge in [0.25, 0.3) is 0 Å². The molecule has 0 spiro atoms. The predicted octanol–water partition coefficient (Wildman–Crippen LogP) is 4.64. The van der Waals surface area contributed by atoms with Crippen molar-refractivity contribution in [2.45, 2.75) is 18.6 Å². The molecular formula is C21H26ClF3N2O. The molecule has 0 bridgehead atoms. The lowest BCUT2D eigenvalue weighted by Gasteiger charge is -2.33. The Bertz CT molecular complexity index is 795. The van der Waals surface area contributed by atoms with Crippen molar-refractivity contribution < 1.29 is 17.9 Å². The summed E-state index contributed by atoms with van der Waals surface area (Å²) in [6.07, 6.45) is -4.33. The summed E-state index contributed by atoms with van der Waals surface area (Å²) in [7, 11) is 5.97. The van der Waals surface area contributed by atoms with E-state index in [1.54, 1.807) is 6.07 Å². The van der Waals surface area contributed by atoms with Crippen LogP contribution in [-0.2, 0) is 12.7 Å². The van der Waals surface area contributed by atoms with Crippen molar-refractivity contribution in [2.24, 2.45) is 0 Å². The molecule has 2 aromatic carbocycles. The zero-order chi connectivity index (χ0) is 19.6. The SMILES string of the molecule is CN(C)CCOc1ccc2c(c1)CN(C)CC2c1cccc(C(F)(F)F)c1.Cl. The van der Waals surface area contributed by atoms with E-state index in [9.17, 15) is 13.2 Å². The molecule has 0 radical (unpaired) electrons. The van der Waals surface area contributed by atoms with Crippen molar-refractivity contribution in [3.05, 3.63) is 64.7 Å². The van der Waals surface area contributed by atoms with Crippen LogP contribution in [0.15, 0.2) is 42.5 Å². The fourth-order valence-corrected chi connectivity index (χ4v) is 3.48. The van der Waals surface area contributed by atoms with Crippen LogP contribution in [0.5, 0.6) is 5.75 Å². The number of alkyl halides is 3. The topological polar surface area (TPSA) is 15.7 Å². The van der Waals surface area contributed by atoms with Crippen molar-refractivity contribution >= 4 is 12.4 Å². The molecule has 1 aliphatic rings. The Labute approximate surface area is 170 Å². The summed E-state index contributed by atoms with van der Waals surface area (Å²) < 4.78 is 45.1. The highest BCUT2D eigenvalue weighted by Crippen LogP contribution is 2.37. The van der Waals surface area contributed by atoms with Crippen molar-refractivity contribution in [1.82, 2.24) is 9.80 Å². The van der Waals surface area contributed by atoms with Crippen LogP contribution in [0.3, 0.4) is 0 Å². The van der Waals surface area contributed by atoms with E-state index < -0.39 is 11.7 Å². The van der Waals surface area contributed by atoms with Crippen LogP contribution < -0.4 is 4.74 Å². The number of hydrogen-bond donors (Lipinski definition) is 0. The van der Waals surface area contributed by atoms with E-state index in [0.29, 0.717) is 18.7 Å². The Morgan fingerprint density at radius 2 is 1.89 bits per heavy atom. The van der Waals surface area contributed by atoms with Gasteiger partial charge in [0.15, 0.2) is 0 Å². The number of nitrogens with zero attached hydrogens (tertiary/aromatic N) is 2. The minimum atomic E-state index is -4.33. The molecule has 28 heavy (non-hydrogen) atoms. The molecule has 154 valence electrons. The van der Waals surface area contributed by atoms with Crippen LogP contribution in [0.25, 0.3) is 0 Å². The van der Waals surface area contributed by atoms with E-state index in [-0.39, 0.29) is 18.3 Å². The quantitative estimate of drug-likeness (QED) is 0.708. The van der Waals surface area contributed by atoms with Gasteiger partial charge in [0.1, 0.15) is 12.4 Å². The summed E-state index contributed by atoms with van der Waals surface area (Å²) in [5, 5.41) is 0. The van der Waals surface area contributed by atoms with Gasteiger partial charge < -0.3 is 14.5 Å². The van der Waals surface area contributed by atoms with Crippen molar-refractivity contribution in [3.63, 3.8) is 0 Å². The number of benzene rings is 2. The minimum Gasteiger partial charge on any atom is -0.492 e. The molecule has 1 aliphatic heterocycles. The molecule has 1 atom stereocenters. The molecule has 0 saturated carbocycles. The highest BCUT2D eigenvalue weighted by molar-refractivity contribution is 5.85. The highest BCUT2D eigenvalue weighted by Gasteiger charge is 2.32. The van der Waals surface area contributed by atoms with Crippen molar-refractivity contribution in [2.75, 3.05) is 40.8 Å². The van der Waals surface area contributed by atoms with E-state index in [4.69, 9.17) is 4.74 Å². The molecule has 0 aliphatic carbocycles. The summed E-state index contributed by atoms with van der Waals surface area (Å²) in [6, 6.07) is 11.6. The molecule has 3 nitrogen and oxygen atoms in total. The number of ether oxygens (including phenoxy) is 1. The lowest BCUT2D eigenvalue weighted by atomic mass is 9.84. The lowest BCUT2D eigenvalue weighted by Crippen LogP contribution is -2.31. The summed E-state index contributed by atoms with van der Waals surface area (Å²) in [5.74, 6) is 0.713. The third kappa shape index (κ3) is 5.40. The molecule has 0 saturated heterocycles. The van der Waals surface area contributed by atoms with Crippen LogP contribution in [-0.4, -0.2) is 50.6 Å². The van der Waals surface area contributed by atoms with Crippen LogP contribution in [0.1, 0.15) is 28.2 Å². The molecule has 1 unspecified atom stereocenters. The van der Waals surface area contributed by atoms with Gasteiger partial charge in [-0.3, -0.25) is 0 Å². The Kier molecular flexibility index (Phi) is 7.37. The van der Waals surface area contributed by atoms with Gasteiger partial charge in [-0.05, 0) is 56.0 Å². The first-order valence-electron chi connectivity index (χ1n) is 9.00. The van der Waals surface area contributed by atoms with Gasteiger partial charge in [0.05, 0.1) is 5.56 Å². The van der Waals surface area contributed by atoms with E-state index in [0.717, 1.165) is 36.0 Å². The molecule has 0 N–H and O–H groups in total. The third-order valence-corrected chi connectivity index (χ3v) is 4.85. The fraction of sp³-hybridized carbons (Fsp3) is 0.429. The van der Waals surface area contributed by atoms with Gasteiger partial charge in [-0.2, -0.15) is 13.2 Å². The highest BCUT2D eigenvalue weighted by atomic mass is 35.5. The van der Waals surface area contributed by atoms with Crippen LogP contribution in [0.4, 0.5) is 13.2 Å². The number of likely N-dealkylation sites (N-methyl/N-ethyl adjacent to an activating group) is 2. The lowest BCUT2D eigenvalue weighted by molar-refractivity contribution is -0.137. The van der Waals surface area contributed by atoms with E-state index in [1.165, 1.54) is 12.1 Å². The van der Waals surface area contributed by atoms with E-state index in [1.807, 2.05) is 39.3 Å². The smallest absolute Gasteiger partial charge is 0.416 e. The fourth-order valence-electron chi connectivity index (χ4n) is 3.48. The van der Waals surface area contributed by atoms with Gasteiger partial charge in [0, 0.05) is 25.6 Å². The molecule has 1 heterocycles. The predicted molar refractivity (Wildman–Crippen MR) is 107 cm³/mol. The summed E-state index contributed by atoms with van der Waals surface area (Å²) in [6.45, 7) is 2.87. The Hall–Kier alpha value is -1.76. The number of fused-ring (bicyclic) bond motifs is 1. The van der Waals surface area contributed by atoms with Gasteiger partial charge >= 0.3 is 6.18 Å². The molecule has 0 fully saturated rings. The minimum absolute atomic E-state index is 0. The Balaban J connectivity index is 0.00000280. The maximum atomic E-state index is 13.1. The second-order valence-electron chi connectivity index (χ2n) is 7.38. The Morgan fingerprint density at radius 3 is 2.57 bits per heavy atom. The molecule has 3 rings (SSSR count). The van der Waals surface area contributed by atoms with Crippen LogP contribution >= 0.6 is 12.4 Å². The van der Waals surface area contributed by atoms with Gasteiger partial charge in [-0.15, -0.1) is 12.4 Å². The van der Waals surface area contributed by atoms with Crippen molar-refractivity contribution in [1.29, 1.82) is 0 Å². The first-order chi connectivity index (χ1) is 12.7. The number of hydrogen-bond acceptors (Lipinski definition) is 3. The molecule has 7 heteroatoms. The average Bonchev–Trinajstić information content (AvgIpc) is 2.60. The second-order valence-corrected chi connectivity index (χ2v) is 7.38. The number of rotatable bonds is 5. The second kappa shape index (κ2) is 9.16. The van der Waals surface area contributed by atoms with Gasteiger partial charge in [0.2, 0.25) is 0 Å². The Morgan fingerprint density at radius 1 is 1.14 bits per heavy atom. The zero-order valence-electron chi connectivity index (χ0n) is 16.3. The summed E-state index contributed by atoms with van der Waals surface area (Å²) in [5.41, 5.74) is 2.28. The normalized spacial score (nSPS) is 17.2. The number of halogens is 4. The van der Waals surface area contributed by atoms with Gasteiger partial charge in [-0.1, -0.05) is 24.3 Å². The molecule has 2 aromatic rings. The van der Waals surface area contributed by atoms with Gasteiger partial charge in [-0.25, -0.2) is 0 Å². The monoisotopic (exact) mass is 414 g/mol. The maximum absolute atomic E-state index is 13.1. The first kappa shape index (κ1) is 22.5. The molecular weight excluding hydrogens is 389 g/mol. The zero-order valence-corrected chi connectivity index (χ0v) is 17.1. The standard InChI is InChI=1S/C21H25F3N2O.ClH/c1-25(2)9-10-27-18-7-8-19-16(12-18)13-26(3)14-20(19)15-5-4-6-17(11-15)21(22,23)24;/h4-8,11-12,20H,9-10,13-14H2,1-3H3;1H. The maximum Gasteiger partial charge on any atom is 0.416 e. The summed E-state index contributed by atoms with van der Waals surface area (Å²) >= 11 is 0. The van der Waals surface area contributed by atoms with Crippen molar-refractivity contribution in [3.8, 4) is 5.75 Å². The molecule has 0 amide bonds. The third-order valence-electron chi connectivity index (χ3n) is 4.85. The summed E-state index contributed by atoms with van der Waals surface area (Å²) in [4.78, 5) is 4.19. The van der Waals surface area contributed by atoms with E-state index >= 15 is 0 Å². The average molecular weight is 415 g/mol. The van der Waals surface area contributed by atoms with Crippen LogP contribution in [0, 0.1) is 0 Å². The van der Waals surface area contributed by atoms with E-state index in [2.05, 4.69) is 9.80 Å². The largest absolute Gasteiger partial charge is 0.492 e.